The average Bonchev–Trinajstić information content (AvgIpc) is 3.28. The number of imide groups is 1. The Kier molecular flexibility index (Phi) is 5.85. The third kappa shape index (κ3) is 5.10. The van der Waals surface area contributed by atoms with Gasteiger partial charge in [-0.25, -0.2) is 8.42 Å². The van der Waals surface area contributed by atoms with Crippen LogP contribution in [0.3, 0.4) is 0 Å². The number of allylic oxidation sites excluding steroid dienone is 2. The molecule has 2 aliphatic rings. The molecule has 1 unspecified atom stereocenters. The summed E-state index contributed by atoms with van der Waals surface area (Å²) in [6.07, 6.45) is 6.65. The van der Waals surface area contributed by atoms with Crippen molar-refractivity contribution in [3.8, 4) is 0 Å². The number of thioether (sulfide) groups is 1. The molecule has 0 aliphatic carbocycles. The number of amides is 3. The van der Waals surface area contributed by atoms with E-state index in [1.54, 1.807) is 24.3 Å². The number of carbonyl (C=O) groups is 3. The number of sulfone groups is 1. The zero-order valence-corrected chi connectivity index (χ0v) is 15.9. The predicted octanol–water partition coefficient (Wildman–Crippen LogP) is 1.57. The Morgan fingerprint density at radius 1 is 1.41 bits per heavy atom. The molecule has 8 nitrogen and oxygen atoms in total. The quantitative estimate of drug-likeness (QED) is 0.708. The van der Waals surface area contributed by atoms with Crippen LogP contribution in [0.25, 0.3) is 6.08 Å². The van der Waals surface area contributed by atoms with Gasteiger partial charge >= 0.3 is 0 Å². The van der Waals surface area contributed by atoms with Crippen molar-refractivity contribution in [1.29, 1.82) is 0 Å². The molecular weight excluding hydrogens is 392 g/mol. The molecule has 3 rings (SSSR count). The number of carbonyl (C=O) groups excluding carboxylic acids is 3. The van der Waals surface area contributed by atoms with Gasteiger partial charge in [0.25, 0.3) is 11.1 Å². The lowest BCUT2D eigenvalue weighted by molar-refractivity contribution is -0.124. The van der Waals surface area contributed by atoms with E-state index in [2.05, 4.69) is 5.32 Å². The van der Waals surface area contributed by atoms with E-state index in [0.29, 0.717) is 12.2 Å². The molecule has 1 atom stereocenters. The van der Waals surface area contributed by atoms with E-state index < -0.39 is 27.0 Å². The molecule has 2 fully saturated rings. The van der Waals surface area contributed by atoms with Crippen LogP contribution in [0, 0.1) is 0 Å². The van der Waals surface area contributed by atoms with Crippen LogP contribution in [0.1, 0.15) is 18.6 Å². The van der Waals surface area contributed by atoms with Crippen LogP contribution >= 0.6 is 11.8 Å². The Labute approximate surface area is 160 Å². The van der Waals surface area contributed by atoms with Crippen molar-refractivity contribution in [3.63, 3.8) is 0 Å². The average molecular weight is 410 g/mol. The highest BCUT2D eigenvalue weighted by Gasteiger charge is 2.35. The summed E-state index contributed by atoms with van der Waals surface area (Å²) >= 11 is 0.809. The van der Waals surface area contributed by atoms with E-state index in [1.807, 2.05) is 0 Å². The van der Waals surface area contributed by atoms with Crippen LogP contribution in [0.5, 0.6) is 0 Å². The lowest BCUT2D eigenvalue weighted by atomic mass is 10.2. The summed E-state index contributed by atoms with van der Waals surface area (Å²) in [5.74, 6) is -0.207. The number of furan rings is 1. The van der Waals surface area contributed by atoms with Crippen LogP contribution in [0.2, 0.25) is 0 Å². The van der Waals surface area contributed by atoms with E-state index in [-0.39, 0.29) is 35.3 Å². The first-order valence-electron chi connectivity index (χ1n) is 8.29. The van der Waals surface area contributed by atoms with Crippen molar-refractivity contribution in [2.45, 2.75) is 18.9 Å². The lowest BCUT2D eigenvalue weighted by Crippen LogP contribution is -2.38. The zero-order chi connectivity index (χ0) is 19.4. The van der Waals surface area contributed by atoms with Gasteiger partial charge in [0.15, 0.2) is 9.84 Å². The molecular formula is C17H18N2O6S2. The second kappa shape index (κ2) is 8.13. The summed E-state index contributed by atoms with van der Waals surface area (Å²) < 4.78 is 27.9. The molecule has 0 saturated carbocycles. The minimum Gasteiger partial charge on any atom is -0.465 e. The lowest BCUT2D eigenvalue weighted by Gasteiger charge is -2.14. The SMILES string of the molecule is O=C(CCN1C(=O)SC(=CC=Cc2ccco2)C1=O)NC1CCS(=O)(=O)C1. The van der Waals surface area contributed by atoms with Crippen LogP contribution in [0.15, 0.2) is 39.9 Å². The van der Waals surface area contributed by atoms with Gasteiger partial charge in [0, 0.05) is 19.0 Å². The van der Waals surface area contributed by atoms with Gasteiger partial charge in [-0.3, -0.25) is 19.3 Å². The molecule has 2 saturated heterocycles. The van der Waals surface area contributed by atoms with Crippen molar-refractivity contribution < 1.29 is 27.2 Å². The summed E-state index contributed by atoms with van der Waals surface area (Å²) in [6.45, 7) is -0.0464. The van der Waals surface area contributed by atoms with Gasteiger partial charge in [-0.2, -0.15) is 0 Å². The molecule has 1 aromatic heterocycles. The van der Waals surface area contributed by atoms with E-state index in [1.165, 1.54) is 12.3 Å². The summed E-state index contributed by atoms with van der Waals surface area (Å²) in [7, 11) is -3.08. The van der Waals surface area contributed by atoms with Gasteiger partial charge < -0.3 is 9.73 Å². The highest BCUT2D eigenvalue weighted by molar-refractivity contribution is 8.18. The fourth-order valence-corrected chi connectivity index (χ4v) is 5.24. The summed E-state index contributed by atoms with van der Waals surface area (Å²) in [6, 6.07) is 3.09. The molecule has 1 aromatic rings. The molecule has 10 heteroatoms. The van der Waals surface area contributed by atoms with Crippen molar-refractivity contribution >= 4 is 44.7 Å². The second-order valence-electron chi connectivity index (χ2n) is 6.15. The first-order chi connectivity index (χ1) is 12.8. The molecule has 144 valence electrons. The Bertz CT molecular complexity index is 902. The van der Waals surface area contributed by atoms with Crippen LogP contribution < -0.4 is 5.32 Å². The first kappa shape index (κ1) is 19.4. The number of hydrogen-bond acceptors (Lipinski definition) is 7. The topological polar surface area (TPSA) is 114 Å². The summed E-state index contributed by atoms with van der Waals surface area (Å²) in [4.78, 5) is 37.6. The highest BCUT2D eigenvalue weighted by Crippen LogP contribution is 2.30. The molecule has 3 amide bonds. The zero-order valence-electron chi connectivity index (χ0n) is 14.3. The third-order valence-corrected chi connectivity index (χ3v) is 6.78. The summed E-state index contributed by atoms with van der Waals surface area (Å²) in [5.41, 5.74) is 0. The standard InChI is InChI=1S/C17H18N2O6S2/c20-15(18-12-7-10-27(23,24)11-12)6-8-19-16(21)14(26-17(19)22)5-1-3-13-4-2-9-25-13/h1-5,9,12H,6-8,10-11H2,(H,18,20). The smallest absolute Gasteiger partial charge is 0.293 e. The molecule has 27 heavy (non-hydrogen) atoms. The molecule has 3 heterocycles. The Morgan fingerprint density at radius 3 is 2.89 bits per heavy atom. The monoisotopic (exact) mass is 410 g/mol. The van der Waals surface area contributed by atoms with Crippen LogP contribution in [-0.2, 0) is 19.4 Å². The summed E-state index contributed by atoms with van der Waals surface area (Å²) in [5, 5.41) is 2.20. The van der Waals surface area contributed by atoms with Gasteiger partial charge in [0.05, 0.1) is 22.7 Å². The predicted molar refractivity (Wildman–Crippen MR) is 100 cm³/mol. The van der Waals surface area contributed by atoms with Crippen molar-refractivity contribution in [1.82, 2.24) is 10.2 Å². The maximum absolute atomic E-state index is 12.3. The molecule has 0 aromatic carbocycles. The van der Waals surface area contributed by atoms with Crippen LogP contribution in [-0.4, -0.2) is 54.5 Å². The fourth-order valence-electron chi connectivity index (χ4n) is 2.75. The molecule has 0 radical (unpaired) electrons. The second-order valence-corrected chi connectivity index (χ2v) is 9.37. The van der Waals surface area contributed by atoms with Crippen molar-refractivity contribution in [3.05, 3.63) is 41.2 Å². The molecule has 0 bridgehead atoms. The highest BCUT2D eigenvalue weighted by atomic mass is 32.2. The maximum atomic E-state index is 12.3. The largest absolute Gasteiger partial charge is 0.465 e. The molecule has 2 aliphatic heterocycles. The van der Waals surface area contributed by atoms with Gasteiger partial charge in [-0.05, 0) is 42.5 Å². The number of nitrogens with one attached hydrogen (secondary N) is 1. The number of rotatable bonds is 6. The maximum Gasteiger partial charge on any atom is 0.293 e. The van der Waals surface area contributed by atoms with E-state index in [9.17, 15) is 22.8 Å². The Balaban J connectivity index is 1.51. The van der Waals surface area contributed by atoms with E-state index in [0.717, 1.165) is 16.7 Å². The Morgan fingerprint density at radius 2 is 2.22 bits per heavy atom. The number of hydrogen-bond donors (Lipinski definition) is 1. The fraction of sp³-hybridized carbons (Fsp3) is 0.353. The minimum absolute atomic E-state index is 0.0464. The third-order valence-electron chi connectivity index (χ3n) is 4.08. The normalized spacial score (nSPS) is 23.6. The van der Waals surface area contributed by atoms with Gasteiger partial charge in [0.1, 0.15) is 5.76 Å². The Hall–Kier alpha value is -2.33. The first-order valence-corrected chi connectivity index (χ1v) is 10.9. The minimum atomic E-state index is -3.08. The van der Waals surface area contributed by atoms with E-state index in [4.69, 9.17) is 4.42 Å². The van der Waals surface area contributed by atoms with Crippen molar-refractivity contribution in [2.24, 2.45) is 0 Å². The van der Waals surface area contributed by atoms with Gasteiger partial charge in [-0.15, -0.1) is 0 Å². The molecule has 0 spiro atoms. The molecule has 1 N–H and O–H groups in total. The van der Waals surface area contributed by atoms with Gasteiger partial charge in [0.2, 0.25) is 5.91 Å². The van der Waals surface area contributed by atoms with Gasteiger partial charge in [-0.1, -0.05) is 6.08 Å². The number of nitrogens with zero attached hydrogens (tertiary/aromatic N) is 1. The van der Waals surface area contributed by atoms with Crippen molar-refractivity contribution in [2.75, 3.05) is 18.1 Å². The van der Waals surface area contributed by atoms with Crippen LogP contribution in [0.4, 0.5) is 4.79 Å². The van der Waals surface area contributed by atoms with E-state index >= 15 is 0 Å².